The van der Waals surface area contributed by atoms with Gasteiger partial charge in [-0.2, -0.15) is 13.2 Å². The predicted octanol–water partition coefficient (Wildman–Crippen LogP) is 4.44. The summed E-state index contributed by atoms with van der Waals surface area (Å²) in [6.45, 7) is 2.05. The Balaban J connectivity index is 2.40. The maximum atomic E-state index is 13.0. The molecule has 0 fully saturated rings. The fourth-order valence-corrected chi connectivity index (χ4v) is 2.37. The van der Waals surface area contributed by atoms with Crippen molar-refractivity contribution in [2.75, 3.05) is 7.05 Å². The molecule has 5 heteroatoms. The lowest BCUT2D eigenvalue weighted by Gasteiger charge is -2.16. The normalized spacial score (nSPS) is 13.2. The van der Waals surface area contributed by atoms with Crippen LogP contribution in [0.15, 0.2) is 42.7 Å². The Morgan fingerprint density at radius 1 is 1.14 bits per heavy atom. The molecule has 21 heavy (non-hydrogen) atoms. The highest BCUT2D eigenvalue weighted by atomic mass is 19.4. The number of benzene rings is 1. The van der Waals surface area contributed by atoms with Gasteiger partial charge in [-0.1, -0.05) is 31.2 Å². The van der Waals surface area contributed by atoms with Crippen LogP contribution >= 0.6 is 0 Å². The molecular formula is C16H17F3N2. The molecule has 1 atom stereocenters. The minimum Gasteiger partial charge on any atom is -0.313 e. The molecule has 1 N–H and O–H groups in total. The molecule has 0 saturated carbocycles. The van der Waals surface area contributed by atoms with Gasteiger partial charge in [0.15, 0.2) is 0 Å². The quantitative estimate of drug-likeness (QED) is 0.902. The number of nitrogens with one attached hydrogen (secondary N) is 1. The van der Waals surface area contributed by atoms with Crippen LogP contribution in [0.4, 0.5) is 13.2 Å². The van der Waals surface area contributed by atoms with Crippen LogP contribution in [0.1, 0.15) is 30.5 Å². The number of nitrogens with zero attached hydrogens (tertiary/aromatic N) is 1. The summed E-state index contributed by atoms with van der Waals surface area (Å²) in [4.78, 5) is 3.81. The fraction of sp³-hybridized carbons (Fsp3) is 0.312. The summed E-state index contributed by atoms with van der Waals surface area (Å²) in [5.74, 6) is 0. The molecule has 0 aliphatic rings. The molecule has 0 saturated heterocycles. The van der Waals surface area contributed by atoms with Crippen molar-refractivity contribution in [3.8, 4) is 11.1 Å². The third-order valence-electron chi connectivity index (χ3n) is 3.51. The zero-order chi connectivity index (χ0) is 15.5. The average Bonchev–Trinajstić information content (AvgIpc) is 2.48. The van der Waals surface area contributed by atoms with E-state index >= 15 is 0 Å². The van der Waals surface area contributed by atoms with Crippen molar-refractivity contribution < 1.29 is 13.2 Å². The van der Waals surface area contributed by atoms with Crippen molar-refractivity contribution in [1.29, 1.82) is 0 Å². The Hall–Kier alpha value is -1.88. The van der Waals surface area contributed by atoms with Gasteiger partial charge in [0.2, 0.25) is 0 Å². The number of pyridine rings is 1. The van der Waals surface area contributed by atoms with E-state index in [-0.39, 0.29) is 11.6 Å². The number of rotatable bonds is 4. The number of aromatic nitrogens is 1. The Labute approximate surface area is 122 Å². The summed E-state index contributed by atoms with van der Waals surface area (Å²) < 4.78 is 39.0. The van der Waals surface area contributed by atoms with Crippen LogP contribution in [-0.4, -0.2) is 12.0 Å². The predicted molar refractivity (Wildman–Crippen MR) is 76.8 cm³/mol. The van der Waals surface area contributed by atoms with Gasteiger partial charge < -0.3 is 5.32 Å². The van der Waals surface area contributed by atoms with Crippen molar-refractivity contribution in [2.24, 2.45) is 0 Å². The van der Waals surface area contributed by atoms with E-state index in [1.165, 1.54) is 6.20 Å². The van der Waals surface area contributed by atoms with Crippen LogP contribution < -0.4 is 5.32 Å². The first-order valence-corrected chi connectivity index (χ1v) is 6.76. The molecule has 2 aromatic rings. The molecule has 0 aliphatic carbocycles. The van der Waals surface area contributed by atoms with Crippen LogP contribution in [0.25, 0.3) is 11.1 Å². The Morgan fingerprint density at radius 3 is 2.33 bits per heavy atom. The minimum absolute atomic E-state index is 0.106. The van der Waals surface area contributed by atoms with E-state index in [2.05, 4.69) is 17.2 Å². The van der Waals surface area contributed by atoms with Crippen molar-refractivity contribution >= 4 is 0 Å². The molecular weight excluding hydrogens is 277 g/mol. The van der Waals surface area contributed by atoms with E-state index in [1.54, 1.807) is 12.1 Å². The standard InChI is InChI=1S/C16H17F3N2/c1-3-15(20-2)12-6-4-11(5-7-12)13-10-21-9-8-14(13)16(17,18)19/h4-10,15,20H,3H2,1-2H3. The maximum absolute atomic E-state index is 13.0. The summed E-state index contributed by atoms with van der Waals surface area (Å²) in [5.41, 5.74) is 1.02. The van der Waals surface area contributed by atoms with Gasteiger partial charge in [0.1, 0.15) is 0 Å². The van der Waals surface area contributed by atoms with Crippen LogP contribution in [-0.2, 0) is 6.18 Å². The first-order chi connectivity index (χ1) is 9.97. The van der Waals surface area contributed by atoms with Gasteiger partial charge in [0.05, 0.1) is 5.56 Å². The molecule has 2 rings (SSSR count). The number of halogens is 3. The summed E-state index contributed by atoms with van der Waals surface area (Å²) >= 11 is 0. The highest BCUT2D eigenvalue weighted by Gasteiger charge is 2.33. The summed E-state index contributed by atoms with van der Waals surface area (Å²) in [6.07, 6.45) is -1.05. The lowest BCUT2D eigenvalue weighted by atomic mass is 9.98. The molecule has 0 aliphatic heterocycles. The molecule has 0 bridgehead atoms. The second-order valence-corrected chi connectivity index (χ2v) is 4.79. The Bertz CT molecular complexity index is 587. The summed E-state index contributed by atoms with van der Waals surface area (Å²) in [7, 11) is 1.87. The largest absolute Gasteiger partial charge is 0.417 e. The highest BCUT2D eigenvalue weighted by Crippen LogP contribution is 2.36. The van der Waals surface area contributed by atoms with Crippen LogP contribution in [0.2, 0.25) is 0 Å². The molecule has 1 heterocycles. The molecule has 112 valence electrons. The average molecular weight is 294 g/mol. The first kappa shape index (κ1) is 15.5. The molecule has 0 radical (unpaired) electrons. The summed E-state index contributed by atoms with van der Waals surface area (Å²) in [6, 6.07) is 8.34. The van der Waals surface area contributed by atoms with Gasteiger partial charge in [0, 0.05) is 24.0 Å². The third kappa shape index (κ3) is 3.42. The van der Waals surface area contributed by atoms with E-state index in [0.29, 0.717) is 5.56 Å². The second kappa shape index (κ2) is 6.26. The van der Waals surface area contributed by atoms with E-state index in [9.17, 15) is 13.2 Å². The molecule has 1 aromatic heterocycles. The lowest BCUT2D eigenvalue weighted by Crippen LogP contribution is -2.15. The Morgan fingerprint density at radius 2 is 1.81 bits per heavy atom. The smallest absolute Gasteiger partial charge is 0.313 e. The van der Waals surface area contributed by atoms with Crippen LogP contribution in [0, 0.1) is 0 Å². The van der Waals surface area contributed by atoms with Gasteiger partial charge >= 0.3 is 6.18 Å². The molecule has 0 spiro atoms. The highest BCUT2D eigenvalue weighted by molar-refractivity contribution is 5.67. The second-order valence-electron chi connectivity index (χ2n) is 4.79. The minimum atomic E-state index is -4.38. The van der Waals surface area contributed by atoms with E-state index < -0.39 is 11.7 Å². The number of hydrogen-bond donors (Lipinski definition) is 1. The van der Waals surface area contributed by atoms with Crippen LogP contribution in [0.3, 0.4) is 0 Å². The lowest BCUT2D eigenvalue weighted by molar-refractivity contribution is -0.137. The molecule has 1 aromatic carbocycles. The van der Waals surface area contributed by atoms with Crippen molar-refractivity contribution in [2.45, 2.75) is 25.6 Å². The number of alkyl halides is 3. The van der Waals surface area contributed by atoms with E-state index in [0.717, 1.165) is 24.2 Å². The van der Waals surface area contributed by atoms with Gasteiger partial charge in [-0.25, -0.2) is 0 Å². The summed E-state index contributed by atoms with van der Waals surface area (Å²) in [5, 5.41) is 3.17. The van der Waals surface area contributed by atoms with E-state index in [4.69, 9.17) is 0 Å². The number of hydrogen-bond acceptors (Lipinski definition) is 2. The van der Waals surface area contributed by atoms with Crippen molar-refractivity contribution in [1.82, 2.24) is 10.3 Å². The Kier molecular flexibility index (Phi) is 4.63. The van der Waals surface area contributed by atoms with Crippen molar-refractivity contribution in [3.05, 3.63) is 53.9 Å². The monoisotopic (exact) mass is 294 g/mol. The maximum Gasteiger partial charge on any atom is 0.417 e. The van der Waals surface area contributed by atoms with Crippen molar-refractivity contribution in [3.63, 3.8) is 0 Å². The van der Waals surface area contributed by atoms with Gasteiger partial charge in [-0.15, -0.1) is 0 Å². The van der Waals surface area contributed by atoms with Gasteiger partial charge in [-0.3, -0.25) is 4.98 Å². The molecule has 2 nitrogen and oxygen atoms in total. The third-order valence-corrected chi connectivity index (χ3v) is 3.51. The fourth-order valence-electron chi connectivity index (χ4n) is 2.37. The zero-order valence-electron chi connectivity index (χ0n) is 11.9. The van der Waals surface area contributed by atoms with E-state index in [1.807, 2.05) is 19.2 Å². The first-order valence-electron chi connectivity index (χ1n) is 6.76. The van der Waals surface area contributed by atoms with Gasteiger partial charge in [0.25, 0.3) is 0 Å². The zero-order valence-corrected chi connectivity index (χ0v) is 11.9. The van der Waals surface area contributed by atoms with Gasteiger partial charge in [-0.05, 0) is 30.7 Å². The topological polar surface area (TPSA) is 24.9 Å². The molecule has 0 amide bonds. The van der Waals surface area contributed by atoms with Crippen LogP contribution in [0.5, 0.6) is 0 Å². The molecule has 1 unspecified atom stereocenters. The SMILES string of the molecule is CCC(NC)c1ccc(-c2cnccc2C(F)(F)F)cc1.